The Bertz CT molecular complexity index is 962. The van der Waals surface area contributed by atoms with E-state index in [-0.39, 0.29) is 17.5 Å². The molecule has 0 aliphatic carbocycles. The number of hydrogen-bond acceptors (Lipinski definition) is 4. The molecular formula is C22H23FN4O. The monoisotopic (exact) mass is 378 g/mol. The van der Waals surface area contributed by atoms with Gasteiger partial charge in [0.15, 0.2) is 0 Å². The highest BCUT2D eigenvalue weighted by Crippen LogP contribution is 2.30. The Morgan fingerprint density at radius 3 is 2.68 bits per heavy atom. The molecular weight excluding hydrogens is 355 g/mol. The van der Waals surface area contributed by atoms with Gasteiger partial charge >= 0.3 is 0 Å². The highest BCUT2D eigenvalue weighted by Gasteiger charge is 2.25. The number of aromatic nitrogens is 2. The number of nitrogens with two attached hydrogens (primary N) is 1. The molecule has 3 heterocycles. The van der Waals surface area contributed by atoms with E-state index in [0.29, 0.717) is 17.9 Å². The Kier molecular flexibility index (Phi) is 5.21. The van der Waals surface area contributed by atoms with Crippen LogP contribution in [-0.2, 0) is 6.54 Å². The Morgan fingerprint density at radius 1 is 1.14 bits per heavy atom. The molecule has 3 aromatic rings. The van der Waals surface area contributed by atoms with Crippen LogP contribution in [0.5, 0.6) is 0 Å². The first-order valence-electron chi connectivity index (χ1n) is 9.54. The molecule has 28 heavy (non-hydrogen) atoms. The number of benzene rings is 1. The fourth-order valence-corrected chi connectivity index (χ4v) is 3.85. The average molecular weight is 378 g/mol. The van der Waals surface area contributed by atoms with Crippen LogP contribution in [0, 0.1) is 5.82 Å². The van der Waals surface area contributed by atoms with Gasteiger partial charge in [-0.05, 0) is 60.2 Å². The van der Waals surface area contributed by atoms with Crippen LogP contribution in [0.3, 0.4) is 0 Å². The molecule has 1 fully saturated rings. The third kappa shape index (κ3) is 3.55. The summed E-state index contributed by atoms with van der Waals surface area (Å²) < 4.78 is 16.2. The van der Waals surface area contributed by atoms with Gasteiger partial charge in [-0.2, -0.15) is 0 Å². The van der Waals surface area contributed by atoms with E-state index >= 15 is 0 Å². The molecule has 0 unspecified atom stereocenters. The van der Waals surface area contributed by atoms with Crippen molar-refractivity contribution in [2.75, 3.05) is 18.1 Å². The molecule has 2 aromatic heterocycles. The lowest BCUT2D eigenvalue weighted by Crippen LogP contribution is -2.42. The minimum absolute atomic E-state index is 0.102. The minimum atomic E-state index is -0.164. The van der Waals surface area contributed by atoms with Crippen molar-refractivity contribution in [3.63, 3.8) is 0 Å². The molecule has 6 heteroatoms. The summed E-state index contributed by atoms with van der Waals surface area (Å²) in [5, 5.41) is 2.14. The van der Waals surface area contributed by atoms with E-state index in [2.05, 4.69) is 9.99 Å². The van der Waals surface area contributed by atoms with Gasteiger partial charge in [0.05, 0.1) is 0 Å². The zero-order chi connectivity index (χ0) is 19.5. The summed E-state index contributed by atoms with van der Waals surface area (Å²) in [7, 11) is 0. The lowest BCUT2D eigenvalue weighted by Gasteiger charge is -2.35. The van der Waals surface area contributed by atoms with Crippen molar-refractivity contribution in [1.82, 2.24) is 9.66 Å². The third-order valence-corrected chi connectivity index (χ3v) is 5.37. The molecule has 5 nitrogen and oxygen atoms in total. The molecule has 0 radical (unpaired) electrons. The summed E-state index contributed by atoms with van der Waals surface area (Å²) in [6.45, 7) is 1.90. The highest BCUT2D eigenvalue weighted by atomic mass is 19.1. The maximum Gasteiger partial charge on any atom is 0.229 e. The first kappa shape index (κ1) is 18.4. The Hall–Kier alpha value is -2.99. The number of carbonyl (C=O) groups excluding carboxylic acids is 1. The molecule has 0 atom stereocenters. The minimum Gasteiger partial charge on any atom is -0.326 e. The van der Waals surface area contributed by atoms with Gasteiger partial charge in [0.2, 0.25) is 5.78 Å². The van der Waals surface area contributed by atoms with Crippen LogP contribution in [0.1, 0.15) is 46.1 Å². The summed E-state index contributed by atoms with van der Waals surface area (Å²) >= 11 is 0. The number of halogens is 1. The van der Waals surface area contributed by atoms with E-state index in [1.807, 2.05) is 35.1 Å². The molecule has 0 amide bonds. The van der Waals surface area contributed by atoms with Crippen LogP contribution >= 0.6 is 0 Å². The van der Waals surface area contributed by atoms with Gasteiger partial charge in [-0.25, -0.2) is 4.39 Å². The number of carbonyl (C=O) groups is 1. The van der Waals surface area contributed by atoms with Gasteiger partial charge in [0.1, 0.15) is 17.2 Å². The fraction of sp³-hybridized carbons (Fsp3) is 0.273. The quantitative estimate of drug-likeness (QED) is 0.693. The van der Waals surface area contributed by atoms with Crippen molar-refractivity contribution in [1.29, 1.82) is 0 Å². The largest absolute Gasteiger partial charge is 0.326 e. The number of piperidine rings is 1. The van der Waals surface area contributed by atoms with E-state index in [1.54, 1.807) is 24.4 Å². The summed E-state index contributed by atoms with van der Waals surface area (Å²) in [6.07, 6.45) is 5.16. The van der Waals surface area contributed by atoms with Crippen molar-refractivity contribution >= 4 is 5.78 Å². The van der Waals surface area contributed by atoms with Crippen LogP contribution in [0.15, 0.2) is 60.9 Å². The molecule has 0 spiro atoms. The molecule has 144 valence electrons. The maximum absolute atomic E-state index is 14.3. The molecule has 0 bridgehead atoms. The van der Waals surface area contributed by atoms with Crippen molar-refractivity contribution in [3.8, 4) is 0 Å². The Labute approximate surface area is 163 Å². The van der Waals surface area contributed by atoms with Crippen LogP contribution in [0.25, 0.3) is 0 Å². The Balaban J connectivity index is 1.50. The number of pyridine rings is 1. The zero-order valence-corrected chi connectivity index (χ0v) is 15.6. The van der Waals surface area contributed by atoms with Gasteiger partial charge in [0, 0.05) is 32.0 Å². The summed E-state index contributed by atoms with van der Waals surface area (Å²) in [5.41, 5.74) is 8.43. The molecule has 2 N–H and O–H groups in total. The first-order chi connectivity index (χ1) is 13.7. The first-order valence-corrected chi connectivity index (χ1v) is 9.54. The molecule has 4 rings (SSSR count). The van der Waals surface area contributed by atoms with Crippen LogP contribution in [0.4, 0.5) is 4.39 Å². The lowest BCUT2D eigenvalue weighted by atomic mass is 9.88. The van der Waals surface area contributed by atoms with Gasteiger partial charge < -0.3 is 10.7 Å². The standard InChI is InChI=1S/C22H23FN4O/c23-19-7-6-16(15-24)14-18(19)17-8-12-26(13-9-17)27-11-3-5-21(27)22(28)20-4-1-2-10-25-20/h1-7,10-11,14,17H,8-9,12-13,15,24H2. The number of hydrogen-bond donors (Lipinski definition) is 1. The van der Waals surface area contributed by atoms with Gasteiger partial charge in [-0.3, -0.25) is 14.5 Å². The van der Waals surface area contributed by atoms with E-state index < -0.39 is 0 Å². The topological polar surface area (TPSA) is 64.2 Å². The van der Waals surface area contributed by atoms with Crippen LogP contribution < -0.4 is 10.7 Å². The maximum atomic E-state index is 14.3. The number of ketones is 1. The van der Waals surface area contributed by atoms with Crippen LogP contribution in [-0.4, -0.2) is 28.5 Å². The predicted octanol–water partition coefficient (Wildman–Crippen LogP) is 3.23. The predicted molar refractivity (Wildman–Crippen MR) is 106 cm³/mol. The van der Waals surface area contributed by atoms with E-state index in [0.717, 1.165) is 37.1 Å². The third-order valence-electron chi connectivity index (χ3n) is 5.37. The molecule has 1 saturated heterocycles. The molecule has 1 aliphatic heterocycles. The lowest BCUT2D eigenvalue weighted by molar-refractivity contribution is 0.102. The second-order valence-corrected chi connectivity index (χ2v) is 7.07. The highest BCUT2D eigenvalue weighted by molar-refractivity contribution is 6.06. The molecule has 0 saturated carbocycles. The summed E-state index contributed by atoms with van der Waals surface area (Å²) in [6, 6.07) is 14.1. The van der Waals surface area contributed by atoms with Crippen molar-refractivity contribution in [2.24, 2.45) is 5.73 Å². The number of rotatable bonds is 5. The summed E-state index contributed by atoms with van der Waals surface area (Å²) in [5.74, 6) is -0.106. The second kappa shape index (κ2) is 7.94. The second-order valence-electron chi connectivity index (χ2n) is 7.07. The SMILES string of the molecule is NCc1ccc(F)c(C2CCN(n3cccc3C(=O)c3ccccn3)CC2)c1. The van der Waals surface area contributed by atoms with Crippen molar-refractivity contribution in [2.45, 2.75) is 25.3 Å². The van der Waals surface area contributed by atoms with Gasteiger partial charge in [-0.15, -0.1) is 0 Å². The fourth-order valence-electron chi connectivity index (χ4n) is 3.85. The molecule has 1 aromatic carbocycles. The zero-order valence-electron chi connectivity index (χ0n) is 15.6. The molecule has 1 aliphatic rings. The average Bonchev–Trinajstić information content (AvgIpc) is 3.24. The van der Waals surface area contributed by atoms with Gasteiger partial charge in [0.25, 0.3) is 0 Å². The van der Waals surface area contributed by atoms with E-state index in [1.165, 1.54) is 6.07 Å². The Morgan fingerprint density at radius 2 is 1.96 bits per heavy atom. The smallest absolute Gasteiger partial charge is 0.229 e. The normalized spacial score (nSPS) is 15.0. The van der Waals surface area contributed by atoms with Gasteiger partial charge in [-0.1, -0.05) is 18.2 Å². The number of nitrogens with zero attached hydrogens (tertiary/aromatic N) is 3. The van der Waals surface area contributed by atoms with Crippen molar-refractivity contribution < 1.29 is 9.18 Å². The van der Waals surface area contributed by atoms with E-state index in [9.17, 15) is 9.18 Å². The van der Waals surface area contributed by atoms with Crippen molar-refractivity contribution in [3.05, 3.63) is 89.3 Å². The summed E-state index contributed by atoms with van der Waals surface area (Å²) in [4.78, 5) is 17.0. The van der Waals surface area contributed by atoms with Crippen LogP contribution in [0.2, 0.25) is 0 Å². The van der Waals surface area contributed by atoms with E-state index in [4.69, 9.17) is 5.73 Å².